The summed E-state index contributed by atoms with van der Waals surface area (Å²) in [5.74, 6) is -0.722. The summed E-state index contributed by atoms with van der Waals surface area (Å²) in [7, 11) is 0. The van der Waals surface area contributed by atoms with Crippen LogP contribution in [0.4, 0.5) is 5.69 Å². The van der Waals surface area contributed by atoms with Crippen LogP contribution in [0, 0.1) is 6.92 Å². The molecule has 3 N–H and O–H groups in total. The van der Waals surface area contributed by atoms with E-state index in [9.17, 15) is 9.59 Å². The molecule has 0 aliphatic heterocycles. The average Bonchev–Trinajstić information content (AvgIpc) is 3.03. The topological polar surface area (TPSA) is 98.5 Å². The van der Waals surface area contributed by atoms with Crippen molar-refractivity contribution < 1.29 is 18.4 Å². The Morgan fingerprint density at radius 1 is 1.18 bits per heavy atom. The summed E-state index contributed by atoms with van der Waals surface area (Å²) >= 11 is 5.89. The van der Waals surface area contributed by atoms with E-state index in [1.54, 1.807) is 25.1 Å². The fourth-order valence-electron chi connectivity index (χ4n) is 2.10. The molecule has 7 heteroatoms. The monoisotopic (exact) mass is 318 g/mol. The van der Waals surface area contributed by atoms with Gasteiger partial charge < -0.3 is 19.9 Å². The van der Waals surface area contributed by atoms with Crippen molar-refractivity contribution in [2.75, 3.05) is 5.32 Å². The van der Waals surface area contributed by atoms with Gasteiger partial charge in [-0.25, -0.2) is 0 Å². The van der Waals surface area contributed by atoms with Crippen molar-refractivity contribution in [3.05, 3.63) is 52.6 Å². The fraction of sp³-hybridized carbons (Fsp3) is 0.0667. The number of benzene rings is 1. The lowest BCUT2D eigenvalue weighted by molar-refractivity contribution is 0.0977. The van der Waals surface area contributed by atoms with Crippen molar-refractivity contribution in [3.63, 3.8) is 0 Å². The van der Waals surface area contributed by atoms with Crippen LogP contribution in [-0.4, -0.2) is 11.8 Å². The Kier molecular flexibility index (Phi) is 3.38. The van der Waals surface area contributed by atoms with Crippen molar-refractivity contribution in [2.24, 2.45) is 5.73 Å². The van der Waals surface area contributed by atoms with Gasteiger partial charge in [-0.15, -0.1) is 0 Å². The van der Waals surface area contributed by atoms with Crippen LogP contribution in [0.3, 0.4) is 0 Å². The van der Waals surface area contributed by atoms with Crippen molar-refractivity contribution in [1.29, 1.82) is 0 Å². The highest BCUT2D eigenvalue weighted by molar-refractivity contribution is 6.31. The van der Waals surface area contributed by atoms with Gasteiger partial charge in [-0.3, -0.25) is 9.59 Å². The van der Waals surface area contributed by atoms with Gasteiger partial charge in [-0.05, 0) is 31.2 Å². The standard InChI is InChI=1S/C15H11ClN2O4/c1-7-2-5-10(21-7)15(20)18-12-9-4-3-8(16)6-11(9)22-13(12)14(17)19/h2-6H,1H3,(H2,17,19)(H,18,20). The number of hydrogen-bond donors (Lipinski definition) is 2. The van der Waals surface area contributed by atoms with E-state index >= 15 is 0 Å². The first kappa shape index (κ1) is 14.2. The summed E-state index contributed by atoms with van der Waals surface area (Å²) in [6.07, 6.45) is 0. The number of hydrogen-bond acceptors (Lipinski definition) is 4. The van der Waals surface area contributed by atoms with Crippen molar-refractivity contribution in [2.45, 2.75) is 6.92 Å². The van der Waals surface area contributed by atoms with E-state index in [1.165, 1.54) is 12.1 Å². The van der Waals surface area contributed by atoms with Crippen LogP contribution in [-0.2, 0) is 0 Å². The molecule has 22 heavy (non-hydrogen) atoms. The zero-order valence-electron chi connectivity index (χ0n) is 11.5. The Labute approximate surface area is 129 Å². The quantitative estimate of drug-likeness (QED) is 0.773. The third-order valence-corrected chi connectivity index (χ3v) is 3.31. The molecular formula is C15H11ClN2O4. The van der Waals surface area contributed by atoms with Crippen LogP contribution in [0.2, 0.25) is 5.02 Å². The molecule has 2 heterocycles. The molecule has 0 atom stereocenters. The third kappa shape index (κ3) is 2.44. The molecule has 0 unspecified atom stereocenters. The first-order valence-corrected chi connectivity index (χ1v) is 6.73. The summed E-state index contributed by atoms with van der Waals surface area (Å²) in [4.78, 5) is 23.7. The van der Waals surface area contributed by atoms with Gasteiger partial charge in [0.15, 0.2) is 5.76 Å². The molecule has 0 aliphatic carbocycles. The van der Waals surface area contributed by atoms with E-state index in [-0.39, 0.29) is 17.2 Å². The molecule has 3 rings (SSSR count). The summed E-state index contributed by atoms with van der Waals surface area (Å²) in [6.45, 7) is 1.72. The first-order chi connectivity index (χ1) is 10.5. The van der Waals surface area contributed by atoms with Crippen molar-refractivity contribution in [3.8, 4) is 0 Å². The highest BCUT2D eigenvalue weighted by atomic mass is 35.5. The minimum absolute atomic E-state index is 0.122. The molecule has 0 radical (unpaired) electrons. The van der Waals surface area contributed by atoms with E-state index in [0.717, 1.165) is 0 Å². The minimum atomic E-state index is -0.793. The average molecular weight is 319 g/mol. The molecule has 0 fully saturated rings. The van der Waals surface area contributed by atoms with Crippen LogP contribution in [0.25, 0.3) is 11.0 Å². The molecule has 2 aromatic heterocycles. The summed E-state index contributed by atoms with van der Waals surface area (Å²) < 4.78 is 10.6. The molecule has 0 aliphatic rings. The Balaban J connectivity index is 2.07. The number of rotatable bonds is 3. The zero-order chi connectivity index (χ0) is 15.9. The summed E-state index contributed by atoms with van der Waals surface area (Å²) in [5, 5.41) is 3.56. The molecule has 6 nitrogen and oxygen atoms in total. The lowest BCUT2D eigenvalue weighted by Gasteiger charge is -2.02. The Bertz CT molecular complexity index is 894. The molecule has 0 spiro atoms. The second-order valence-corrected chi connectivity index (χ2v) is 5.11. The predicted molar refractivity (Wildman–Crippen MR) is 81.1 cm³/mol. The maximum absolute atomic E-state index is 12.2. The molecular weight excluding hydrogens is 308 g/mol. The lowest BCUT2D eigenvalue weighted by atomic mass is 10.2. The number of nitrogens with one attached hydrogen (secondary N) is 1. The molecule has 112 valence electrons. The van der Waals surface area contributed by atoms with Gasteiger partial charge in [-0.2, -0.15) is 0 Å². The van der Waals surface area contributed by atoms with Gasteiger partial charge in [-0.1, -0.05) is 11.6 Å². The predicted octanol–water partition coefficient (Wildman–Crippen LogP) is 3.34. The first-order valence-electron chi connectivity index (χ1n) is 6.35. The number of furan rings is 2. The highest BCUT2D eigenvalue weighted by Crippen LogP contribution is 2.32. The summed E-state index contributed by atoms with van der Waals surface area (Å²) in [5.41, 5.74) is 5.84. The van der Waals surface area contributed by atoms with Crippen molar-refractivity contribution in [1.82, 2.24) is 0 Å². The van der Waals surface area contributed by atoms with Gasteiger partial charge in [0.25, 0.3) is 11.8 Å². The van der Waals surface area contributed by atoms with E-state index in [4.69, 9.17) is 26.2 Å². The number of carbonyl (C=O) groups is 2. The van der Waals surface area contributed by atoms with Crippen LogP contribution < -0.4 is 11.1 Å². The minimum Gasteiger partial charge on any atom is -0.456 e. The number of nitrogens with two attached hydrogens (primary N) is 1. The molecule has 0 saturated carbocycles. The lowest BCUT2D eigenvalue weighted by Crippen LogP contribution is -2.16. The van der Waals surface area contributed by atoms with E-state index in [1.807, 2.05) is 0 Å². The van der Waals surface area contributed by atoms with Crippen LogP contribution >= 0.6 is 11.6 Å². The number of amides is 2. The molecule has 1 aromatic carbocycles. The number of fused-ring (bicyclic) bond motifs is 1. The third-order valence-electron chi connectivity index (χ3n) is 3.08. The summed E-state index contributed by atoms with van der Waals surface area (Å²) in [6, 6.07) is 7.99. The number of aryl methyl sites for hydroxylation is 1. The maximum atomic E-state index is 12.2. The number of halogens is 1. The molecule has 0 bridgehead atoms. The second-order valence-electron chi connectivity index (χ2n) is 4.68. The Hall–Kier alpha value is -2.73. The molecule has 2 amide bonds. The Morgan fingerprint density at radius 3 is 2.59 bits per heavy atom. The van der Waals surface area contributed by atoms with E-state index in [2.05, 4.69) is 5.32 Å². The van der Waals surface area contributed by atoms with Gasteiger partial charge in [0, 0.05) is 16.5 Å². The molecule has 3 aromatic rings. The zero-order valence-corrected chi connectivity index (χ0v) is 12.2. The van der Waals surface area contributed by atoms with Gasteiger partial charge >= 0.3 is 0 Å². The number of anilines is 1. The van der Waals surface area contributed by atoms with Crippen LogP contribution in [0.5, 0.6) is 0 Å². The van der Waals surface area contributed by atoms with Gasteiger partial charge in [0.2, 0.25) is 5.76 Å². The van der Waals surface area contributed by atoms with Crippen LogP contribution in [0.1, 0.15) is 26.9 Å². The fourth-order valence-corrected chi connectivity index (χ4v) is 2.26. The van der Waals surface area contributed by atoms with E-state index < -0.39 is 11.8 Å². The van der Waals surface area contributed by atoms with Crippen molar-refractivity contribution >= 4 is 40.1 Å². The number of primary amides is 1. The van der Waals surface area contributed by atoms with Gasteiger partial charge in [0.05, 0.1) is 0 Å². The highest BCUT2D eigenvalue weighted by Gasteiger charge is 2.22. The van der Waals surface area contributed by atoms with Crippen LogP contribution in [0.15, 0.2) is 39.2 Å². The maximum Gasteiger partial charge on any atom is 0.291 e. The normalized spacial score (nSPS) is 10.8. The van der Waals surface area contributed by atoms with E-state index in [0.29, 0.717) is 21.8 Å². The SMILES string of the molecule is Cc1ccc(C(=O)Nc2c(C(N)=O)oc3cc(Cl)ccc23)o1. The largest absolute Gasteiger partial charge is 0.456 e. The smallest absolute Gasteiger partial charge is 0.291 e. The molecule has 0 saturated heterocycles. The van der Waals surface area contributed by atoms with Gasteiger partial charge in [0.1, 0.15) is 17.0 Å². The Morgan fingerprint density at radius 2 is 1.95 bits per heavy atom. The second kappa shape index (κ2) is 5.23. The number of carbonyl (C=O) groups excluding carboxylic acids is 2.